The fourth-order valence-corrected chi connectivity index (χ4v) is 2.52. The van der Waals surface area contributed by atoms with Crippen LogP contribution in [-0.2, 0) is 4.79 Å². The molecule has 0 atom stereocenters. The van der Waals surface area contributed by atoms with Gasteiger partial charge in [0.05, 0.1) is 0 Å². The molecule has 0 aliphatic heterocycles. The number of nitriles is 1. The van der Waals surface area contributed by atoms with Crippen LogP contribution in [0.25, 0.3) is 6.08 Å². The standard InChI is InChI=1S/C13H10N4O2S2/c1-20-13-16-12(21-17-13)15-11(19)9(7-14)6-8-2-4-10(18)5-3-8/h2-6,18H,1H3,(H,15,16,17,19)/b9-6-. The Hall–Kier alpha value is -2.37. The quantitative estimate of drug-likeness (QED) is 0.510. The minimum Gasteiger partial charge on any atom is -0.508 e. The van der Waals surface area contributed by atoms with Crippen LogP contribution in [0.5, 0.6) is 5.75 Å². The van der Waals surface area contributed by atoms with E-state index in [-0.39, 0.29) is 11.3 Å². The number of carbonyl (C=O) groups excluding carboxylic acids is 1. The molecule has 1 heterocycles. The highest BCUT2D eigenvalue weighted by atomic mass is 32.2. The molecule has 0 bridgehead atoms. The minimum absolute atomic E-state index is 0.0541. The van der Waals surface area contributed by atoms with Gasteiger partial charge in [-0.1, -0.05) is 23.9 Å². The molecule has 21 heavy (non-hydrogen) atoms. The molecule has 6 nitrogen and oxygen atoms in total. The molecule has 0 spiro atoms. The second-order valence-corrected chi connectivity index (χ2v) is 5.33. The van der Waals surface area contributed by atoms with Crippen molar-refractivity contribution in [3.63, 3.8) is 0 Å². The van der Waals surface area contributed by atoms with Gasteiger partial charge in [0.2, 0.25) is 10.3 Å². The van der Waals surface area contributed by atoms with E-state index in [1.165, 1.54) is 30.0 Å². The van der Waals surface area contributed by atoms with E-state index in [1.54, 1.807) is 12.1 Å². The molecule has 1 aromatic heterocycles. The zero-order valence-electron chi connectivity index (χ0n) is 10.9. The lowest BCUT2D eigenvalue weighted by Gasteiger charge is -2.00. The van der Waals surface area contributed by atoms with E-state index in [0.29, 0.717) is 15.9 Å². The Morgan fingerprint density at radius 2 is 2.19 bits per heavy atom. The highest BCUT2D eigenvalue weighted by Gasteiger charge is 2.12. The number of hydrogen-bond donors (Lipinski definition) is 2. The summed E-state index contributed by atoms with van der Waals surface area (Å²) in [4.78, 5) is 16.1. The number of anilines is 1. The molecule has 8 heteroatoms. The molecule has 0 aliphatic rings. The fraction of sp³-hybridized carbons (Fsp3) is 0.0769. The minimum atomic E-state index is -0.547. The number of nitrogens with one attached hydrogen (secondary N) is 1. The van der Waals surface area contributed by atoms with Gasteiger partial charge >= 0.3 is 0 Å². The van der Waals surface area contributed by atoms with E-state index in [9.17, 15) is 9.90 Å². The summed E-state index contributed by atoms with van der Waals surface area (Å²) in [5.74, 6) is -0.428. The fourth-order valence-electron chi connectivity index (χ4n) is 1.39. The van der Waals surface area contributed by atoms with E-state index in [4.69, 9.17) is 5.26 Å². The predicted octanol–water partition coefficient (Wildman–Crippen LogP) is 2.51. The zero-order valence-corrected chi connectivity index (χ0v) is 12.5. The van der Waals surface area contributed by atoms with E-state index >= 15 is 0 Å². The number of amides is 1. The first kappa shape index (κ1) is 15.0. The van der Waals surface area contributed by atoms with Gasteiger partial charge in [0.15, 0.2) is 0 Å². The molecule has 106 valence electrons. The van der Waals surface area contributed by atoms with Gasteiger partial charge in [0.1, 0.15) is 17.4 Å². The maximum Gasteiger partial charge on any atom is 0.268 e. The molecule has 0 radical (unpaired) electrons. The Bertz CT molecular complexity index is 717. The Kier molecular flexibility index (Phi) is 4.92. The molecule has 1 amide bonds. The van der Waals surface area contributed by atoms with Gasteiger partial charge < -0.3 is 5.11 Å². The third-order valence-electron chi connectivity index (χ3n) is 2.38. The molecular formula is C13H10N4O2S2. The predicted molar refractivity (Wildman–Crippen MR) is 82.0 cm³/mol. The van der Waals surface area contributed by atoms with Gasteiger partial charge in [0.25, 0.3) is 5.91 Å². The van der Waals surface area contributed by atoms with E-state index in [0.717, 1.165) is 11.5 Å². The second kappa shape index (κ2) is 6.88. The van der Waals surface area contributed by atoms with Crippen LogP contribution < -0.4 is 5.32 Å². The summed E-state index contributed by atoms with van der Waals surface area (Å²) in [7, 11) is 0. The summed E-state index contributed by atoms with van der Waals surface area (Å²) in [6.45, 7) is 0. The van der Waals surface area contributed by atoms with Gasteiger partial charge in [-0.3, -0.25) is 10.1 Å². The van der Waals surface area contributed by atoms with Crippen molar-refractivity contribution in [3.8, 4) is 11.8 Å². The number of rotatable bonds is 4. The first-order valence-electron chi connectivity index (χ1n) is 5.72. The van der Waals surface area contributed by atoms with Gasteiger partial charge in [-0.15, -0.1) is 0 Å². The van der Waals surface area contributed by atoms with Crippen LogP contribution in [0.3, 0.4) is 0 Å². The second-order valence-electron chi connectivity index (χ2n) is 3.80. The van der Waals surface area contributed by atoms with Gasteiger partial charge in [0, 0.05) is 11.5 Å². The first-order valence-corrected chi connectivity index (χ1v) is 7.72. The lowest BCUT2D eigenvalue weighted by molar-refractivity contribution is -0.112. The van der Waals surface area contributed by atoms with Crippen molar-refractivity contribution in [2.45, 2.75) is 5.16 Å². The van der Waals surface area contributed by atoms with Crippen LogP contribution in [0.4, 0.5) is 5.13 Å². The molecule has 0 aliphatic carbocycles. The van der Waals surface area contributed by atoms with Crippen molar-refractivity contribution in [1.82, 2.24) is 9.36 Å². The van der Waals surface area contributed by atoms with E-state index in [1.807, 2.05) is 12.3 Å². The number of aromatic nitrogens is 2. The summed E-state index contributed by atoms with van der Waals surface area (Å²) in [6, 6.07) is 8.02. The third-order valence-corrected chi connectivity index (χ3v) is 3.67. The van der Waals surface area contributed by atoms with Crippen molar-refractivity contribution in [3.05, 3.63) is 35.4 Å². The number of carbonyl (C=O) groups is 1. The lowest BCUT2D eigenvalue weighted by Crippen LogP contribution is -2.13. The highest BCUT2D eigenvalue weighted by molar-refractivity contribution is 7.98. The van der Waals surface area contributed by atoms with Crippen LogP contribution in [0.2, 0.25) is 0 Å². The molecule has 2 rings (SSSR count). The summed E-state index contributed by atoms with van der Waals surface area (Å²) >= 11 is 2.42. The van der Waals surface area contributed by atoms with Crippen molar-refractivity contribution in [2.24, 2.45) is 0 Å². The number of phenols is 1. The molecule has 1 aromatic carbocycles. The van der Waals surface area contributed by atoms with Gasteiger partial charge in [-0.05, 0) is 30.0 Å². The van der Waals surface area contributed by atoms with Crippen LogP contribution >= 0.6 is 23.3 Å². The van der Waals surface area contributed by atoms with Crippen LogP contribution in [0.15, 0.2) is 35.0 Å². The van der Waals surface area contributed by atoms with E-state index in [2.05, 4.69) is 14.7 Å². The smallest absolute Gasteiger partial charge is 0.268 e. The molecule has 0 fully saturated rings. The molecule has 0 saturated carbocycles. The molecule has 2 N–H and O–H groups in total. The van der Waals surface area contributed by atoms with Crippen LogP contribution in [0.1, 0.15) is 5.56 Å². The summed E-state index contributed by atoms with van der Waals surface area (Å²) in [5.41, 5.74) is 0.586. The SMILES string of the molecule is CSc1nsc(NC(=O)/C(C#N)=C\c2ccc(O)cc2)n1. The summed E-state index contributed by atoms with van der Waals surface area (Å²) in [5, 5.41) is 21.7. The van der Waals surface area contributed by atoms with Crippen molar-refractivity contribution in [1.29, 1.82) is 5.26 Å². The average molecular weight is 318 g/mol. The maximum atomic E-state index is 12.0. The Balaban J connectivity index is 2.15. The monoisotopic (exact) mass is 318 g/mol. The topological polar surface area (TPSA) is 98.9 Å². The van der Waals surface area contributed by atoms with Crippen LogP contribution in [0, 0.1) is 11.3 Å². The normalized spacial score (nSPS) is 11.0. The largest absolute Gasteiger partial charge is 0.508 e. The Morgan fingerprint density at radius 1 is 1.48 bits per heavy atom. The zero-order chi connectivity index (χ0) is 15.2. The lowest BCUT2D eigenvalue weighted by atomic mass is 10.1. The van der Waals surface area contributed by atoms with Crippen molar-refractivity contribution >= 4 is 40.4 Å². The number of benzene rings is 1. The van der Waals surface area contributed by atoms with Crippen molar-refractivity contribution in [2.75, 3.05) is 11.6 Å². The molecule has 0 saturated heterocycles. The highest BCUT2D eigenvalue weighted by Crippen LogP contribution is 2.19. The molecule has 0 unspecified atom stereocenters. The first-order chi connectivity index (χ1) is 10.1. The van der Waals surface area contributed by atoms with Gasteiger partial charge in [-0.2, -0.15) is 14.6 Å². The van der Waals surface area contributed by atoms with E-state index < -0.39 is 5.91 Å². The van der Waals surface area contributed by atoms with Crippen molar-refractivity contribution < 1.29 is 9.90 Å². The summed E-state index contributed by atoms with van der Waals surface area (Å²) < 4.78 is 4.02. The number of nitrogens with zero attached hydrogens (tertiary/aromatic N) is 3. The number of phenolic OH excluding ortho intramolecular Hbond substituents is 1. The third kappa shape index (κ3) is 4.05. The van der Waals surface area contributed by atoms with Gasteiger partial charge in [-0.25, -0.2) is 0 Å². The number of hydrogen-bond acceptors (Lipinski definition) is 7. The summed E-state index contributed by atoms with van der Waals surface area (Å²) in [6.07, 6.45) is 3.27. The Labute approximate surface area is 129 Å². The molecule has 2 aromatic rings. The number of aromatic hydroxyl groups is 1. The van der Waals surface area contributed by atoms with Crippen LogP contribution in [-0.4, -0.2) is 26.6 Å². The number of thioether (sulfide) groups is 1. The average Bonchev–Trinajstić information content (AvgIpc) is 2.94. The Morgan fingerprint density at radius 3 is 2.76 bits per heavy atom. The molecular weight excluding hydrogens is 308 g/mol. The maximum absolute atomic E-state index is 12.0.